The highest BCUT2D eigenvalue weighted by Crippen LogP contribution is 2.29. The fourth-order valence-electron chi connectivity index (χ4n) is 4.43. The molecule has 1 fully saturated rings. The molecule has 0 bridgehead atoms. The van der Waals surface area contributed by atoms with E-state index in [2.05, 4.69) is 33.9 Å². The summed E-state index contributed by atoms with van der Waals surface area (Å²) in [5.41, 5.74) is 3.41. The van der Waals surface area contributed by atoms with Crippen molar-refractivity contribution in [3.63, 3.8) is 0 Å². The van der Waals surface area contributed by atoms with Crippen molar-refractivity contribution in [3.05, 3.63) is 102 Å². The van der Waals surface area contributed by atoms with Crippen LogP contribution in [0.5, 0.6) is 0 Å². The third-order valence-electron chi connectivity index (χ3n) is 6.26. The first kappa shape index (κ1) is 24.1. The minimum absolute atomic E-state index is 0.108. The minimum Gasteiger partial charge on any atom is -0.339 e. The summed E-state index contributed by atoms with van der Waals surface area (Å²) in [5.74, 6) is -0.202. The van der Waals surface area contributed by atoms with Gasteiger partial charge in [0.2, 0.25) is 15.9 Å². The standard InChI is InChI=1S/C27H31N3O3S/c1-21-13-15-25(16-14-21)34(32,33)28-22(2)27(31)30-19-17-29(18-20-30)26(23-9-5-3-6-10-23)24-11-7-4-8-12-24/h3-16,22,26,28H,17-20H2,1-2H3/t22-/m0/s1. The summed E-state index contributed by atoms with van der Waals surface area (Å²) in [6.07, 6.45) is 0. The SMILES string of the molecule is Cc1ccc(S(=O)(=O)N[C@@H](C)C(=O)N2CCN(C(c3ccccc3)c3ccccc3)CC2)cc1. The van der Waals surface area contributed by atoms with Gasteiger partial charge in [-0.2, -0.15) is 4.72 Å². The molecule has 1 amide bonds. The molecule has 4 rings (SSSR count). The molecule has 3 aromatic carbocycles. The molecule has 7 heteroatoms. The van der Waals surface area contributed by atoms with Crippen molar-refractivity contribution in [2.45, 2.75) is 30.8 Å². The molecule has 0 radical (unpaired) electrons. The molecule has 34 heavy (non-hydrogen) atoms. The number of nitrogens with zero attached hydrogens (tertiary/aromatic N) is 2. The lowest BCUT2D eigenvalue weighted by Gasteiger charge is -2.40. The summed E-state index contributed by atoms with van der Waals surface area (Å²) in [7, 11) is -3.76. The number of carbonyl (C=O) groups excluding carboxylic acids is 1. The first-order chi connectivity index (χ1) is 16.3. The minimum atomic E-state index is -3.76. The number of hydrogen-bond donors (Lipinski definition) is 1. The quantitative estimate of drug-likeness (QED) is 0.565. The summed E-state index contributed by atoms with van der Waals surface area (Å²) >= 11 is 0. The number of amides is 1. The van der Waals surface area contributed by atoms with Crippen molar-refractivity contribution in [1.29, 1.82) is 0 Å². The zero-order valence-electron chi connectivity index (χ0n) is 19.6. The van der Waals surface area contributed by atoms with E-state index >= 15 is 0 Å². The molecule has 3 aromatic rings. The number of sulfonamides is 1. The van der Waals surface area contributed by atoms with Crippen LogP contribution in [0.25, 0.3) is 0 Å². The second kappa shape index (κ2) is 10.5. The molecule has 6 nitrogen and oxygen atoms in total. The Hall–Kier alpha value is -3.00. The molecule has 1 saturated heterocycles. The van der Waals surface area contributed by atoms with Crippen LogP contribution in [-0.2, 0) is 14.8 Å². The normalized spacial score (nSPS) is 15.9. The topological polar surface area (TPSA) is 69.7 Å². The third kappa shape index (κ3) is 5.55. The molecule has 0 aliphatic carbocycles. The molecule has 178 valence electrons. The van der Waals surface area contributed by atoms with E-state index in [1.54, 1.807) is 36.1 Å². The molecule has 0 saturated carbocycles. The van der Waals surface area contributed by atoms with E-state index in [1.165, 1.54) is 11.1 Å². The van der Waals surface area contributed by atoms with Crippen LogP contribution in [-0.4, -0.2) is 56.3 Å². The highest BCUT2D eigenvalue weighted by atomic mass is 32.2. The highest BCUT2D eigenvalue weighted by molar-refractivity contribution is 7.89. The van der Waals surface area contributed by atoms with Crippen LogP contribution in [0.4, 0.5) is 0 Å². The van der Waals surface area contributed by atoms with Crippen LogP contribution >= 0.6 is 0 Å². The fourth-order valence-corrected chi connectivity index (χ4v) is 5.62. The van der Waals surface area contributed by atoms with E-state index in [0.717, 1.165) is 5.56 Å². The Morgan fingerprint density at radius 2 is 1.29 bits per heavy atom. The van der Waals surface area contributed by atoms with E-state index in [9.17, 15) is 13.2 Å². The molecule has 1 aliphatic rings. The summed E-state index contributed by atoms with van der Waals surface area (Å²) in [6, 6.07) is 26.6. The molecule has 1 heterocycles. The van der Waals surface area contributed by atoms with Crippen molar-refractivity contribution in [3.8, 4) is 0 Å². The molecule has 0 spiro atoms. The van der Waals surface area contributed by atoms with Crippen molar-refractivity contribution in [2.24, 2.45) is 0 Å². The van der Waals surface area contributed by atoms with Gasteiger partial charge in [0.1, 0.15) is 0 Å². The van der Waals surface area contributed by atoms with Crippen molar-refractivity contribution in [1.82, 2.24) is 14.5 Å². The van der Waals surface area contributed by atoms with Gasteiger partial charge in [-0.3, -0.25) is 9.69 Å². The van der Waals surface area contributed by atoms with E-state index in [4.69, 9.17) is 0 Å². The lowest BCUT2D eigenvalue weighted by molar-refractivity contribution is -0.134. The molecular weight excluding hydrogens is 446 g/mol. The molecule has 1 aliphatic heterocycles. The summed E-state index contributed by atoms with van der Waals surface area (Å²) in [5, 5.41) is 0. The van der Waals surface area contributed by atoms with E-state index in [-0.39, 0.29) is 16.8 Å². The van der Waals surface area contributed by atoms with Gasteiger partial charge < -0.3 is 4.90 Å². The maximum atomic E-state index is 13.1. The van der Waals surface area contributed by atoms with E-state index < -0.39 is 16.1 Å². The second-order valence-electron chi connectivity index (χ2n) is 8.74. The summed E-state index contributed by atoms with van der Waals surface area (Å²) in [6.45, 7) is 6.01. The predicted octanol–water partition coefficient (Wildman–Crippen LogP) is 3.60. The average molecular weight is 478 g/mol. The van der Waals surface area contributed by atoms with Crippen LogP contribution < -0.4 is 4.72 Å². The number of hydrogen-bond acceptors (Lipinski definition) is 4. The summed E-state index contributed by atoms with van der Waals surface area (Å²) in [4.78, 5) is 17.4. The Morgan fingerprint density at radius 1 is 0.794 bits per heavy atom. The number of piperazine rings is 1. The number of benzene rings is 3. The van der Waals surface area contributed by atoms with Gasteiger partial charge >= 0.3 is 0 Å². The fraction of sp³-hybridized carbons (Fsp3) is 0.296. The molecule has 0 aromatic heterocycles. The number of nitrogens with one attached hydrogen (secondary N) is 1. The van der Waals surface area contributed by atoms with Gasteiger partial charge in [-0.15, -0.1) is 0 Å². The largest absolute Gasteiger partial charge is 0.339 e. The second-order valence-corrected chi connectivity index (χ2v) is 10.5. The maximum Gasteiger partial charge on any atom is 0.241 e. The van der Waals surface area contributed by atoms with Gasteiger partial charge in [-0.25, -0.2) is 8.42 Å². The van der Waals surface area contributed by atoms with Gasteiger partial charge in [-0.1, -0.05) is 78.4 Å². The van der Waals surface area contributed by atoms with Gasteiger partial charge in [0.05, 0.1) is 17.0 Å². The predicted molar refractivity (Wildman–Crippen MR) is 134 cm³/mol. The first-order valence-corrected chi connectivity index (χ1v) is 13.1. The van der Waals surface area contributed by atoms with Gasteiger partial charge in [0.25, 0.3) is 0 Å². The molecule has 1 atom stereocenters. The van der Waals surface area contributed by atoms with Gasteiger partial charge in [0, 0.05) is 26.2 Å². The van der Waals surface area contributed by atoms with Crippen molar-refractivity contribution < 1.29 is 13.2 Å². The van der Waals surface area contributed by atoms with Crippen LogP contribution in [0.3, 0.4) is 0 Å². The van der Waals surface area contributed by atoms with E-state index in [1.807, 2.05) is 43.3 Å². The van der Waals surface area contributed by atoms with E-state index in [0.29, 0.717) is 26.2 Å². The highest BCUT2D eigenvalue weighted by Gasteiger charge is 2.31. The first-order valence-electron chi connectivity index (χ1n) is 11.6. The third-order valence-corrected chi connectivity index (χ3v) is 7.81. The maximum absolute atomic E-state index is 13.1. The molecule has 0 unspecified atom stereocenters. The smallest absolute Gasteiger partial charge is 0.241 e. The lowest BCUT2D eigenvalue weighted by Crippen LogP contribution is -2.54. The molecular formula is C27H31N3O3S. The Morgan fingerprint density at radius 3 is 1.79 bits per heavy atom. The number of carbonyl (C=O) groups is 1. The van der Waals surface area contributed by atoms with Crippen LogP contribution in [0, 0.1) is 6.92 Å². The number of rotatable bonds is 7. The van der Waals surface area contributed by atoms with Crippen molar-refractivity contribution in [2.75, 3.05) is 26.2 Å². The van der Waals surface area contributed by atoms with Gasteiger partial charge in [0.15, 0.2) is 0 Å². The van der Waals surface area contributed by atoms with Crippen LogP contribution in [0.15, 0.2) is 89.8 Å². The van der Waals surface area contributed by atoms with Gasteiger partial charge in [-0.05, 0) is 37.1 Å². The molecule has 1 N–H and O–H groups in total. The Bertz CT molecular complexity index is 1150. The zero-order valence-corrected chi connectivity index (χ0v) is 20.4. The zero-order chi connectivity index (χ0) is 24.1. The Kier molecular flexibility index (Phi) is 7.46. The number of aryl methyl sites for hydroxylation is 1. The average Bonchev–Trinajstić information content (AvgIpc) is 2.85. The monoisotopic (exact) mass is 477 g/mol. The Labute approximate surface area is 202 Å². The Balaban J connectivity index is 1.42. The van der Waals surface area contributed by atoms with Crippen LogP contribution in [0.2, 0.25) is 0 Å². The lowest BCUT2D eigenvalue weighted by atomic mass is 9.96. The van der Waals surface area contributed by atoms with Crippen LogP contribution in [0.1, 0.15) is 29.7 Å². The summed E-state index contributed by atoms with van der Waals surface area (Å²) < 4.78 is 28.0. The van der Waals surface area contributed by atoms with Crippen molar-refractivity contribution >= 4 is 15.9 Å².